The molecule has 2 fully saturated rings. The van der Waals surface area contributed by atoms with E-state index in [0.717, 1.165) is 29.0 Å². The standard InChI is InChI=1S/C23H20F3N3O3/c1-10(27)21-13-7-28(8-14(13)21)20-6-19-12(5-17(20)26)22(30)15(23(31)32)9-29(19)18-3-2-11(24)4-16(18)25/h2-6,9-10,13-14,21H,7-8,27H2,1H3,(H,31,32)/t10?,13-,14+,21?. The molecule has 2 unspecified atom stereocenters. The Morgan fingerprint density at radius 1 is 1.09 bits per heavy atom. The number of anilines is 1. The Labute approximate surface area is 180 Å². The van der Waals surface area contributed by atoms with Crippen LogP contribution in [0.2, 0.25) is 0 Å². The maximum Gasteiger partial charge on any atom is 0.341 e. The van der Waals surface area contributed by atoms with Crippen molar-refractivity contribution in [2.75, 3.05) is 18.0 Å². The lowest BCUT2D eigenvalue weighted by Gasteiger charge is -2.24. The molecule has 0 bridgehead atoms. The van der Waals surface area contributed by atoms with Crippen LogP contribution in [-0.4, -0.2) is 34.8 Å². The highest BCUT2D eigenvalue weighted by Gasteiger charge is 2.57. The molecule has 1 saturated heterocycles. The second kappa shape index (κ2) is 7.09. The van der Waals surface area contributed by atoms with Crippen molar-refractivity contribution in [3.05, 3.63) is 69.8 Å². The number of piperidine rings is 1. The van der Waals surface area contributed by atoms with E-state index in [1.165, 1.54) is 6.07 Å². The number of halogens is 3. The smallest absolute Gasteiger partial charge is 0.341 e. The highest BCUT2D eigenvalue weighted by molar-refractivity contribution is 5.94. The van der Waals surface area contributed by atoms with Gasteiger partial charge >= 0.3 is 5.97 Å². The molecule has 0 amide bonds. The number of carboxylic acids is 1. The molecule has 3 N–H and O–H groups in total. The molecular formula is C23H20F3N3O3. The molecular weight excluding hydrogens is 423 g/mol. The number of aromatic carboxylic acids is 1. The molecule has 1 aromatic heterocycles. The maximum absolute atomic E-state index is 15.1. The first-order valence-corrected chi connectivity index (χ1v) is 10.3. The summed E-state index contributed by atoms with van der Waals surface area (Å²) in [5, 5.41) is 9.23. The first kappa shape index (κ1) is 20.6. The van der Waals surface area contributed by atoms with Crippen LogP contribution in [0, 0.1) is 35.2 Å². The summed E-state index contributed by atoms with van der Waals surface area (Å²) in [7, 11) is 0. The Hall–Kier alpha value is -3.33. The van der Waals surface area contributed by atoms with Gasteiger partial charge in [-0.3, -0.25) is 4.79 Å². The van der Waals surface area contributed by atoms with E-state index in [9.17, 15) is 23.5 Å². The fourth-order valence-electron chi connectivity index (χ4n) is 5.15. The van der Waals surface area contributed by atoms with Gasteiger partial charge in [0.2, 0.25) is 5.43 Å². The zero-order chi connectivity index (χ0) is 22.9. The third-order valence-corrected chi connectivity index (χ3v) is 6.68. The quantitative estimate of drug-likeness (QED) is 0.647. The van der Waals surface area contributed by atoms with Gasteiger partial charge in [-0.15, -0.1) is 0 Å². The maximum atomic E-state index is 15.1. The molecule has 3 aromatic rings. The number of rotatable bonds is 4. The number of carbonyl (C=O) groups is 1. The van der Waals surface area contributed by atoms with Gasteiger partial charge in [-0.25, -0.2) is 18.0 Å². The Bertz CT molecular complexity index is 1330. The fourth-order valence-corrected chi connectivity index (χ4v) is 5.15. The lowest BCUT2D eigenvalue weighted by molar-refractivity contribution is 0.0695. The molecule has 1 saturated carbocycles. The monoisotopic (exact) mass is 443 g/mol. The number of nitrogens with two attached hydrogens (primary N) is 1. The van der Waals surface area contributed by atoms with E-state index in [-0.39, 0.29) is 28.3 Å². The molecule has 166 valence electrons. The van der Waals surface area contributed by atoms with Crippen molar-refractivity contribution in [2.45, 2.75) is 13.0 Å². The van der Waals surface area contributed by atoms with Crippen molar-refractivity contribution in [2.24, 2.45) is 23.5 Å². The molecule has 1 aliphatic heterocycles. The average Bonchev–Trinajstić information content (AvgIpc) is 3.24. The fraction of sp³-hybridized carbons (Fsp3) is 0.304. The summed E-state index contributed by atoms with van der Waals surface area (Å²) in [4.78, 5) is 26.2. The lowest BCUT2D eigenvalue weighted by atomic mass is 10.1. The summed E-state index contributed by atoms with van der Waals surface area (Å²) in [6.45, 7) is 3.18. The number of nitrogens with zero attached hydrogens (tertiary/aromatic N) is 2. The summed E-state index contributed by atoms with van der Waals surface area (Å²) >= 11 is 0. The molecule has 6 nitrogen and oxygen atoms in total. The first-order chi connectivity index (χ1) is 15.2. The molecule has 2 aromatic carbocycles. The van der Waals surface area contributed by atoms with Crippen LogP contribution >= 0.6 is 0 Å². The van der Waals surface area contributed by atoms with Gasteiger partial charge in [0.15, 0.2) is 0 Å². The third kappa shape index (κ3) is 3.07. The van der Waals surface area contributed by atoms with E-state index < -0.39 is 34.4 Å². The number of hydrogen-bond donors (Lipinski definition) is 2. The molecule has 2 heterocycles. The van der Waals surface area contributed by atoms with Crippen LogP contribution in [0.5, 0.6) is 0 Å². The third-order valence-electron chi connectivity index (χ3n) is 6.68. The van der Waals surface area contributed by atoms with Crippen LogP contribution in [0.15, 0.2) is 41.3 Å². The highest BCUT2D eigenvalue weighted by atomic mass is 19.1. The van der Waals surface area contributed by atoms with Crippen molar-refractivity contribution in [1.29, 1.82) is 0 Å². The Balaban J connectivity index is 1.68. The minimum atomic E-state index is -1.53. The van der Waals surface area contributed by atoms with Gasteiger partial charge < -0.3 is 20.3 Å². The molecule has 5 rings (SSSR count). The van der Waals surface area contributed by atoms with Gasteiger partial charge in [-0.05, 0) is 48.9 Å². The van der Waals surface area contributed by atoms with Crippen molar-refractivity contribution < 1.29 is 23.1 Å². The van der Waals surface area contributed by atoms with Crippen molar-refractivity contribution in [1.82, 2.24) is 4.57 Å². The van der Waals surface area contributed by atoms with E-state index in [0.29, 0.717) is 36.9 Å². The topological polar surface area (TPSA) is 88.6 Å². The molecule has 32 heavy (non-hydrogen) atoms. The summed E-state index contributed by atoms with van der Waals surface area (Å²) in [6.07, 6.45) is 0.985. The molecule has 1 aliphatic carbocycles. The number of fused-ring (bicyclic) bond motifs is 2. The van der Waals surface area contributed by atoms with Crippen LogP contribution in [0.25, 0.3) is 16.6 Å². The van der Waals surface area contributed by atoms with E-state index in [1.807, 2.05) is 11.8 Å². The minimum Gasteiger partial charge on any atom is -0.477 e. The minimum absolute atomic E-state index is 0.0645. The molecule has 9 heteroatoms. The van der Waals surface area contributed by atoms with Crippen LogP contribution < -0.4 is 16.1 Å². The van der Waals surface area contributed by atoms with Gasteiger partial charge in [-0.1, -0.05) is 0 Å². The van der Waals surface area contributed by atoms with E-state index >= 15 is 4.39 Å². The number of benzene rings is 2. The van der Waals surface area contributed by atoms with Crippen LogP contribution in [0.1, 0.15) is 17.3 Å². The van der Waals surface area contributed by atoms with E-state index in [4.69, 9.17) is 5.73 Å². The number of carboxylic acid groups (broad SMARTS) is 1. The average molecular weight is 443 g/mol. The summed E-state index contributed by atoms with van der Waals surface area (Å²) < 4.78 is 44.2. The number of aromatic nitrogens is 1. The second-order valence-corrected chi connectivity index (χ2v) is 8.63. The number of hydrogen-bond acceptors (Lipinski definition) is 4. The van der Waals surface area contributed by atoms with Crippen LogP contribution in [0.3, 0.4) is 0 Å². The van der Waals surface area contributed by atoms with Crippen molar-refractivity contribution in [3.8, 4) is 5.69 Å². The van der Waals surface area contributed by atoms with Crippen molar-refractivity contribution >= 4 is 22.6 Å². The van der Waals surface area contributed by atoms with Gasteiger partial charge in [0, 0.05) is 36.8 Å². The highest BCUT2D eigenvalue weighted by Crippen LogP contribution is 2.54. The van der Waals surface area contributed by atoms with Gasteiger partial charge in [0.05, 0.1) is 16.9 Å². The lowest BCUT2D eigenvalue weighted by Crippen LogP contribution is -2.30. The van der Waals surface area contributed by atoms with E-state index in [1.54, 1.807) is 0 Å². The van der Waals surface area contributed by atoms with Crippen molar-refractivity contribution in [3.63, 3.8) is 0 Å². The van der Waals surface area contributed by atoms with Gasteiger partial charge in [0.25, 0.3) is 0 Å². The predicted octanol–water partition coefficient (Wildman–Crippen LogP) is 3.14. The predicted molar refractivity (Wildman–Crippen MR) is 113 cm³/mol. The second-order valence-electron chi connectivity index (χ2n) is 8.63. The molecule has 4 atom stereocenters. The summed E-state index contributed by atoms with van der Waals surface area (Å²) in [6, 6.07) is 5.30. The Morgan fingerprint density at radius 2 is 1.75 bits per heavy atom. The first-order valence-electron chi connectivity index (χ1n) is 10.3. The van der Waals surface area contributed by atoms with Crippen LogP contribution in [0.4, 0.5) is 18.9 Å². The van der Waals surface area contributed by atoms with Gasteiger partial charge in [-0.2, -0.15) is 0 Å². The summed E-state index contributed by atoms with van der Waals surface area (Å²) in [5.41, 5.74) is 4.70. The molecule has 0 radical (unpaired) electrons. The zero-order valence-corrected chi connectivity index (χ0v) is 17.1. The molecule has 2 aliphatic rings. The molecule has 0 spiro atoms. The largest absolute Gasteiger partial charge is 0.477 e. The Morgan fingerprint density at radius 3 is 2.34 bits per heavy atom. The van der Waals surface area contributed by atoms with E-state index in [2.05, 4.69) is 0 Å². The normalized spacial score (nSPS) is 22.8. The van der Waals surface area contributed by atoms with Crippen LogP contribution in [-0.2, 0) is 0 Å². The van der Waals surface area contributed by atoms with Gasteiger partial charge in [0.1, 0.15) is 23.0 Å². The summed E-state index contributed by atoms with van der Waals surface area (Å²) in [5.74, 6) is -2.80. The SMILES string of the molecule is CC(N)C1[C@H]2CN(c3cc4c(cc3F)c(=O)c(C(=O)O)cn4-c3ccc(F)cc3F)C[C@@H]12. The Kier molecular flexibility index (Phi) is 4.56. The zero-order valence-electron chi connectivity index (χ0n) is 17.1. The number of pyridine rings is 1.